The molecule has 4 nitrogen and oxygen atoms in total. The maximum atomic E-state index is 11.8. The molecule has 0 heterocycles. The molecule has 4 heteroatoms. The minimum absolute atomic E-state index is 0.129. The number of rotatable bonds is 6. The molecule has 2 N–H and O–H groups in total. The number of carbonyl (C=O) groups excluding carboxylic acids is 1. The van der Waals surface area contributed by atoms with Gasteiger partial charge in [0.25, 0.3) is 5.91 Å². The zero-order chi connectivity index (χ0) is 14.4. The summed E-state index contributed by atoms with van der Waals surface area (Å²) in [7, 11) is 0. The van der Waals surface area contributed by atoms with Crippen molar-refractivity contribution in [1.29, 1.82) is 0 Å². The fourth-order valence-corrected chi connectivity index (χ4v) is 1.55. The summed E-state index contributed by atoms with van der Waals surface area (Å²) in [6.45, 7) is 8.12. The van der Waals surface area contributed by atoms with Gasteiger partial charge in [-0.15, -0.1) is 0 Å². The summed E-state index contributed by atoms with van der Waals surface area (Å²) in [6.07, 6.45) is -1.10. The van der Waals surface area contributed by atoms with E-state index in [2.05, 4.69) is 5.32 Å². The molecule has 1 rings (SSSR count). The summed E-state index contributed by atoms with van der Waals surface area (Å²) in [5, 5.41) is 12.3. The van der Waals surface area contributed by atoms with E-state index in [0.29, 0.717) is 18.2 Å². The molecular formula is C15H23NO3. The monoisotopic (exact) mass is 265 g/mol. The molecule has 1 amide bonds. The highest BCUT2D eigenvalue weighted by Gasteiger charge is 2.15. The second kappa shape index (κ2) is 7.14. The molecule has 0 saturated carbocycles. The van der Waals surface area contributed by atoms with Crippen LogP contribution in [0.5, 0.6) is 5.75 Å². The fraction of sp³-hybridized carbons (Fsp3) is 0.533. The van der Waals surface area contributed by atoms with Gasteiger partial charge in [-0.05, 0) is 37.5 Å². The van der Waals surface area contributed by atoms with Crippen LogP contribution in [-0.4, -0.2) is 23.7 Å². The second-order valence-corrected chi connectivity index (χ2v) is 5.15. The molecule has 0 saturated heterocycles. The van der Waals surface area contributed by atoms with Crippen LogP contribution in [0.2, 0.25) is 0 Å². The van der Waals surface area contributed by atoms with Gasteiger partial charge in [-0.3, -0.25) is 4.79 Å². The van der Waals surface area contributed by atoms with E-state index in [9.17, 15) is 9.90 Å². The highest BCUT2D eigenvalue weighted by atomic mass is 16.5. The van der Waals surface area contributed by atoms with Crippen molar-refractivity contribution in [3.63, 3.8) is 0 Å². The van der Waals surface area contributed by atoms with Crippen molar-refractivity contribution in [2.24, 2.45) is 5.92 Å². The highest BCUT2D eigenvalue weighted by Crippen LogP contribution is 2.19. The van der Waals surface area contributed by atoms with E-state index in [1.807, 2.05) is 19.9 Å². The molecule has 0 radical (unpaired) electrons. The van der Waals surface area contributed by atoms with E-state index in [4.69, 9.17) is 4.74 Å². The van der Waals surface area contributed by atoms with Crippen LogP contribution in [0.3, 0.4) is 0 Å². The van der Waals surface area contributed by atoms with Gasteiger partial charge in [-0.1, -0.05) is 26.0 Å². The summed E-state index contributed by atoms with van der Waals surface area (Å²) in [4.78, 5) is 11.8. The summed E-state index contributed by atoms with van der Waals surface area (Å²) in [5.41, 5.74) is 0.771. The van der Waals surface area contributed by atoms with Crippen molar-refractivity contribution in [1.82, 2.24) is 5.32 Å². The number of aliphatic hydroxyl groups is 1. The molecular weight excluding hydrogens is 242 g/mol. The average Bonchev–Trinajstić information content (AvgIpc) is 2.36. The third-order valence-electron chi connectivity index (χ3n) is 2.71. The van der Waals surface area contributed by atoms with Crippen molar-refractivity contribution >= 4 is 5.91 Å². The summed E-state index contributed by atoms with van der Waals surface area (Å²) >= 11 is 0. The van der Waals surface area contributed by atoms with E-state index in [0.717, 1.165) is 5.56 Å². The Labute approximate surface area is 114 Å². The summed E-state index contributed by atoms with van der Waals surface area (Å²) < 4.78 is 5.58. The van der Waals surface area contributed by atoms with Gasteiger partial charge in [-0.2, -0.15) is 0 Å². The van der Waals surface area contributed by atoms with Gasteiger partial charge in [-0.25, -0.2) is 0 Å². The first-order valence-electron chi connectivity index (χ1n) is 6.62. The predicted octanol–water partition coefficient (Wildman–Crippen LogP) is 2.28. The van der Waals surface area contributed by atoms with Gasteiger partial charge in [0, 0.05) is 6.54 Å². The zero-order valence-corrected chi connectivity index (χ0v) is 12.0. The Morgan fingerprint density at radius 2 is 2.00 bits per heavy atom. The lowest BCUT2D eigenvalue weighted by Gasteiger charge is -2.16. The first-order valence-corrected chi connectivity index (χ1v) is 6.62. The van der Waals surface area contributed by atoms with Crippen LogP contribution in [0.4, 0.5) is 0 Å². The van der Waals surface area contributed by atoms with Crippen LogP contribution in [0.25, 0.3) is 0 Å². The van der Waals surface area contributed by atoms with Crippen LogP contribution in [-0.2, 0) is 4.79 Å². The van der Waals surface area contributed by atoms with Crippen LogP contribution in [0.15, 0.2) is 24.3 Å². The molecule has 0 fully saturated rings. The number of amides is 1. The van der Waals surface area contributed by atoms with Crippen molar-refractivity contribution < 1.29 is 14.6 Å². The van der Waals surface area contributed by atoms with E-state index in [1.54, 1.807) is 32.0 Å². The molecule has 0 spiro atoms. The molecule has 106 valence electrons. The van der Waals surface area contributed by atoms with E-state index < -0.39 is 12.2 Å². The normalized spacial score (nSPS) is 14.0. The topological polar surface area (TPSA) is 58.6 Å². The number of hydrogen-bond acceptors (Lipinski definition) is 3. The average molecular weight is 265 g/mol. The smallest absolute Gasteiger partial charge is 0.260 e. The molecule has 0 bridgehead atoms. The fourth-order valence-electron chi connectivity index (χ4n) is 1.55. The van der Waals surface area contributed by atoms with E-state index in [-0.39, 0.29) is 5.91 Å². The highest BCUT2D eigenvalue weighted by molar-refractivity contribution is 5.80. The van der Waals surface area contributed by atoms with Gasteiger partial charge in [0.05, 0.1) is 6.10 Å². The van der Waals surface area contributed by atoms with Gasteiger partial charge in [0.2, 0.25) is 0 Å². The standard InChI is InChI=1S/C15H23NO3/c1-10(2)9-16-15(18)12(4)19-14-7-5-6-13(8-14)11(3)17/h5-8,10-12,17H,9H2,1-4H3,(H,16,18)/t11-,12?/m1/s1. The van der Waals surface area contributed by atoms with Crippen LogP contribution < -0.4 is 10.1 Å². The first kappa shape index (κ1) is 15.5. The van der Waals surface area contributed by atoms with E-state index in [1.165, 1.54) is 0 Å². The zero-order valence-electron chi connectivity index (χ0n) is 12.0. The van der Waals surface area contributed by atoms with Gasteiger partial charge in [0.1, 0.15) is 5.75 Å². The number of nitrogens with one attached hydrogen (secondary N) is 1. The molecule has 1 aromatic carbocycles. The molecule has 0 aliphatic carbocycles. The first-order chi connectivity index (χ1) is 8.90. The van der Waals surface area contributed by atoms with Crippen molar-refractivity contribution in [2.45, 2.75) is 39.9 Å². The van der Waals surface area contributed by atoms with Crippen molar-refractivity contribution in [3.8, 4) is 5.75 Å². The lowest BCUT2D eigenvalue weighted by Crippen LogP contribution is -2.38. The second-order valence-electron chi connectivity index (χ2n) is 5.15. The maximum Gasteiger partial charge on any atom is 0.260 e. The molecule has 0 aromatic heterocycles. The molecule has 0 aliphatic rings. The molecule has 2 atom stereocenters. The van der Waals surface area contributed by atoms with Gasteiger partial charge >= 0.3 is 0 Å². The summed E-state index contributed by atoms with van der Waals surface area (Å²) in [5.74, 6) is 0.872. The van der Waals surface area contributed by atoms with Gasteiger partial charge in [0.15, 0.2) is 6.10 Å². The van der Waals surface area contributed by atoms with E-state index >= 15 is 0 Å². The SMILES string of the molecule is CC(C)CNC(=O)C(C)Oc1cccc([C@@H](C)O)c1. The minimum Gasteiger partial charge on any atom is -0.481 e. The third-order valence-corrected chi connectivity index (χ3v) is 2.71. The number of aliphatic hydroxyl groups excluding tert-OH is 1. The Morgan fingerprint density at radius 1 is 1.32 bits per heavy atom. The maximum absolute atomic E-state index is 11.8. The van der Waals surface area contributed by atoms with Crippen molar-refractivity contribution in [2.75, 3.05) is 6.54 Å². The van der Waals surface area contributed by atoms with Crippen LogP contribution >= 0.6 is 0 Å². The largest absolute Gasteiger partial charge is 0.481 e. The van der Waals surface area contributed by atoms with Crippen LogP contribution in [0.1, 0.15) is 39.4 Å². The number of ether oxygens (including phenoxy) is 1. The third kappa shape index (κ3) is 5.30. The Hall–Kier alpha value is -1.55. The van der Waals surface area contributed by atoms with Crippen LogP contribution in [0, 0.1) is 5.92 Å². The Kier molecular flexibility index (Phi) is 5.83. The number of carbonyl (C=O) groups is 1. The molecule has 1 aromatic rings. The predicted molar refractivity (Wildman–Crippen MR) is 75.0 cm³/mol. The number of benzene rings is 1. The van der Waals surface area contributed by atoms with Gasteiger partial charge < -0.3 is 15.2 Å². The Balaban J connectivity index is 2.58. The molecule has 0 aliphatic heterocycles. The quantitative estimate of drug-likeness (QED) is 0.829. The lowest BCUT2D eigenvalue weighted by molar-refractivity contribution is -0.127. The Bertz CT molecular complexity index is 416. The molecule has 1 unspecified atom stereocenters. The molecule has 19 heavy (non-hydrogen) atoms. The number of hydrogen-bond donors (Lipinski definition) is 2. The van der Waals surface area contributed by atoms with Crippen molar-refractivity contribution in [3.05, 3.63) is 29.8 Å². The lowest BCUT2D eigenvalue weighted by atomic mass is 10.1. The Morgan fingerprint density at radius 3 is 2.58 bits per heavy atom. The summed E-state index contributed by atoms with van der Waals surface area (Å²) in [6, 6.07) is 7.14. The minimum atomic E-state index is -0.553.